The van der Waals surface area contributed by atoms with Crippen LogP contribution in [0.3, 0.4) is 0 Å². The molecule has 14 heavy (non-hydrogen) atoms. The van der Waals surface area contributed by atoms with Gasteiger partial charge in [-0.3, -0.25) is 0 Å². The van der Waals surface area contributed by atoms with Gasteiger partial charge in [0.15, 0.2) is 0 Å². The number of allylic oxidation sites excluding steroid dienone is 3. The number of rotatable bonds is 7. The molecular formula is C12H22OS. The highest BCUT2D eigenvalue weighted by atomic mass is 32.2. The summed E-state index contributed by atoms with van der Waals surface area (Å²) in [4.78, 5) is 0. The average Bonchev–Trinajstić information content (AvgIpc) is 2.12. The predicted molar refractivity (Wildman–Crippen MR) is 66.8 cm³/mol. The fourth-order valence-corrected chi connectivity index (χ4v) is 1.29. The summed E-state index contributed by atoms with van der Waals surface area (Å²) in [5, 5.41) is 0. The molecule has 0 atom stereocenters. The van der Waals surface area contributed by atoms with Gasteiger partial charge in [-0.2, -0.15) is 0 Å². The van der Waals surface area contributed by atoms with Gasteiger partial charge >= 0.3 is 0 Å². The van der Waals surface area contributed by atoms with Crippen LogP contribution in [-0.4, -0.2) is 18.8 Å². The summed E-state index contributed by atoms with van der Waals surface area (Å²) in [6.07, 6.45) is 8.79. The first-order valence-corrected chi connectivity index (χ1v) is 6.42. The summed E-state index contributed by atoms with van der Waals surface area (Å²) in [6, 6.07) is 0. The summed E-state index contributed by atoms with van der Waals surface area (Å²) in [5.41, 5.74) is 2.82. The Kier molecular flexibility index (Phi) is 9.21. The predicted octanol–water partition coefficient (Wildman–Crippen LogP) is 4.02. The molecule has 0 rings (SSSR count). The molecule has 1 nitrogen and oxygen atoms in total. The zero-order chi connectivity index (χ0) is 10.8. The largest absolute Gasteiger partial charge is 0.367 e. The molecule has 0 unspecified atom stereocenters. The van der Waals surface area contributed by atoms with Gasteiger partial charge in [0.1, 0.15) is 0 Å². The van der Waals surface area contributed by atoms with E-state index in [0.717, 1.165) is 25.4 Å². The van der Waals surface area contributed by atoms with Crippen LogP contribution in [0.1, 0.15) is 33.6 Å². The molecule has 0 aliphatic heterocycles. The monoisotopic (exact) mass is 214 g/mol. The van der Waals surface area contributed by atoms with Crippen LogP contribution in [-0.2, 0) is 4.74 Å². The number of hydrogen-bond donors (Lipinski definition) is 0. The fraction of sp³-hybridized carbons (Fsp3) is 0.667. The Morgan fingerprint density at radius 3 is 2.50 bits per heavy atom. The van der Waals surface area contributed by atoms with E-state index in [0.29, 0.717) is 0 Å². The third-order valence-electron chi connectivity index (χ3n) is 1.84. The SMILES string of the molecule is CSCOC/C=C(\C)CCC=C(C)C. The van der Waals surface area contributed by atoms with E-state index in [-0.39, 0.29) is 0 Å². The Bertz CT molecular complexity index is 190. The van der Waals surface area contributed by atoms with Gasteiger partial charge in [-0.05, 0) is 39.9 Å². The minimum Gasteiger partial charge on any atom is -0.367 e. The zero-order valence-electron chi connectivity index (χ0n) is 9.80. The molecule has 0 N–H and O–H groups in total. The molecule has 0 aliphatic carbocycles. The van der Waals surface area contributed by atoms with E-state index >= 15 is 0 Å². The lowest BCUT2D eigenvalue weighted by Gasteiger charge is -2.00. The van der Waals surface area contributed by atoms with Crippen molar-refractivity contribution in [3.63, 3.8) is 0 Å². The maximum atomic E-state index is 5.35. The van der Waals surface area contributed by atoms with E-state index in [1.54, 1.807) is 11.8 Å². The third kappa shape index (κ3) is 9.87. The lowest BCUT2D eigenvalue weighted by Crippen LogP contribution is -1.90. The van der Waals surface area contributed by atoms with Crippen LogP contribution in [0.15, 0.2) is 23.3 Å². The molecule has 0 aromatic carbocycles. The Balaban J connectivity index is 3.52. The Morgan fingerprint density at radius 1 is 1.21 bits per heavy atom. The summed E-state index contributed by atoms with van der Waals surface area (Å²) >= 11 is 1.71. The van der Waals surface area contributed by atoms with Crippen molar-refractivity contribution in [3.8, 4) is 0 Å². The van der Waals surface area contributed by atoms with Gasteiger partial charge in [-0.25, -0.2) is 0 Å². The van der Waals surface area contributed by atoms with E-state index in [9.17, 15) is 0 Å². The molecule has 2 heteroatoms. The van der Waals surface area contributed by atoms with Gasteiger partial charge in [-0.15, -0.1) is 11.8 Å². The maximum absolute atomic E-state index is 5.35. The van der Waals surface area contributed by atoms with Gasteiger partial charge in [0.25, 0.3) is 0 Å². The molecule has 0 radical (unpaired) electrons. The van der Waals surface area contributed by atoms with E-state index < -0.39 is 0 Å². The van der Waals surface area contributed by atoms with E-state index in [1.807, 2.05) is 6.26 Å². The highest BCUT2D eigenvalue weighted by molar-refractivity contribution is 7.98. The van der Waals surface area contributed by atoms with Crippen molar-refractivity contribution < 1.29 is 4.74 Å². The van der Waals surface area contributed by atoms with Crippen molar-refractivity contribution >= 4 is 11.8 Å². The van der Waals surface area contributed by atoms with Crippen LogP contribution in [0, 0.1) is 0 Å². The van der Waals surface area contributed by atoms with Crippen LogP contribution in [0.2, 0.25) is 0 Å². The molecule has 0 aliphatic rings. The molecule has 0 bridgehead atoms. The Hall–Kier alpha value is -0.210. The summed E-state index contributed by atoms with van der Waals surface area (Å²) in [6.45, 7) is 7.20. The van der Waals surface area contributed by atoms with Crippen LogP contribution < -0.4 is 0 Å². The molecule has 0 heterocycles. The van der Waals surface area contributed by atoms with Crippen molar-refractivity contribution in [1.29, 1.82) is 0 Å². The highest BCUT2D eigenvalue weighted by Gasteiger charge is 1.89. The summed E-state index contributed by atoms with van der Waals surface area (Å²) < 4.78 is 5.35. The first kappa shape index (κ1) is 13.8. The lowest BCUT2D eigenvalue weighted by molar-refractivity contribution is 0.216. The van der Waals surface area contributed by atoms with Crippen molar-refractivity contribution in [3.05, 3.63) is 23.3 Å². The molecule has 0 aromatic rings. The van der Waals surface area contributed by atoms with E-state index in [4.69, 9.17) is 4.74 Å². The van der Waals surface area contributed by atoms with Crippen LogP contribution in [0.25, 0.3) is 0 Å². The second-order valence-electron chi connectivity index (χ2n) is 3.65. The second-order valence-corrected chi connectivity index (χ2v) is 4.46. The number of hydrogen-bond acceptors (Lipinski definition) is 2. The molecule has 0 saturated carbocycles. The molecule has 0 aromatic heterocycles. The fourth-order valence-electron chi connectivity index (χ4n) is 1.02. The molecule has 0 amide bonds. The lowest BCUT2D eigenvalue weighted by atomic mass is 10.1. The minimum absolute atomic E-state index is 0.751. The topological polar surface area (TPSA) is 9.23 Å². The molecule has 0 saturated heterocycles. The number of ether oxygens (including phenoxy) is 1. The average molecular weight is 214 g/mol. The van der Waals surface area contributed by atoms with Gasteiger partial charge in [-0.1, -0.05) is 23.3 Å². The molecule has 82 valence electrons. The van der Waals surface area contributed by atoms with Gasteiger partial charge in [0.2, 0.25) is 0 Å². The van der Waals surface area contributed by atoms with E-state index in [2.05, 4.69) is 32.9 Å². The van der Waals surface area contributed by atoms with Crippen molar-refractivity contribution in [1.82, 2.24) is 0 Å². The van der Waals surface area contributed by atoms with Crippen LogP contribution in [0.4, 0.5) is 0 Å². The quantitative estimate of drug-likeness (QED) is 0.360. The first-order chi connectivity index (χ1) is 6.66. The van der Waals surface area contributed by atoms with Crippen molar-refractivity contribution in [2.45, 2.75) is 33.6 Å². The molecular weight excluding hydrogens is 192 g/mol. The summed E-state index contributed by atoms with van der Waals surface area (Å²) in [5.74, 6) is 0.789. The highest BCUT2D eigenvalue weighted by Crippen LogP contribution is 2.06. The van der Waals surface area contributed by atoms with Crippen LogP contribution >= 0.6 is 11.8 Å². The standard InChI is InChI=1S/C12H22OS/c1-11(2)6-5-7-12(3)8-9-13-10-14-4/h6,8H,5,7,9-10H2,1-4H3/b12-8+. The summed E-state index contributed by atoms with van der Waals surface area (Å²) in [7, 11) is 0. The normalized spacial score (nSPS) is 11.6. The van der Waals surface area contributed by atoms with Gasteiger partial charge < -0.3 is 4.74 Å². The van der Waals surface area contributed by atoms with Gasteiger partial charge in [0.05, 0.1) is 12.5 Å². The Labute approximate surface area is 92.6 Å². The molecule has 0 spiro atoms. The third-order valence-corrected chi connectivity index (χ3v) is 2.24. The maximum Gasteiger partial charge on any atom is 0.0922 e. The van der Waals surface area contributed by atoms with Crippen molar-refractivity contribution in [2.75, 3.05) is 18.8 Å². The van der Waals surface area contributed by atoms with Crippen LogP contribution in [0.5, 0.6) is 0 Å². The minimum atomic E-state index is 0.751. The van der Waals surface area contributed by atoms with E-state index in [1.165, 1.54) is 11.1 Å². The Morgan fingerprint density at radius 2 is 1.93 bits per heavy atom. The van der Waals surface area contributed by atoms with Crippen molar-refractivity contribution in [2.24, 2.45) is 0 Å². The smallest absolute Gasteiger partial charge is 0.0922 e. The second kappa shape index (κ2) is 9.35. The number of thioether (sulfide) groups is 1. The zero-order valence-corrected chi connectivity index (χ0v) is 10.6. The van der Waals surface area contributed by atoms with Gasteiger partial charge in [0, 0.05) is 0 Å². The molecule has 0 fully saturated rings. The first-order valence-electron chi connectivity index (χ1n) is 5.02.